The van der Waals surface area contributed by atoms with Crippen LogP contribution in [0.3, 0.4) is 0 Å². The number of unbranched alkanes of at least 4 members (excludes halogenated alkanes) is 13. The number of nitrogens with zero attached hydrogens (tertiary/aromatic N) is 1. The van der Waals surface area contributed by atoms with E-state index in [2.05, 4.69) is 6.92 Å². The maximum atomic E-state index is 10.9. The van der Waals surface area contributed by atoms with Crippen LogP contribution in [0.2, 0.25) is 0 Å². The van der Waals surface area contributed by atoms with Gasteiger partial charge < -0.3 is 9.68 Å². The first-order chi connectivity index (χ1) is 12.1. The zero-order valence-corrected chi connectivity index (χ0v) is 16.7. The molecule has 5 nitrogen and oxygen atoms in total. The first-order valence-corrected chi connectivity index (χ1v) is 10.2. The number of carbonyl (C=O) groups is 2. The van der Waals surface area contributed by atoms with Gasteiger partial charge in [0.1, 0.15) is 0 Å². The zero-order valence-electron chi connectivity index (χ0n) is 16.7. The Labute approximate surface area is 154 Å². The van der Waals surface area contributed by atoms with Crippen LogP contribution in [-0.2, 0) is 19.3 Å². The van der Waals surface area contributed by atoms with Gasteiger partial charge in [-0.05, 0) is 6.42 Å². The fraction of sp³-hybridized carbons (Fsp3) is 0.900. The molecule has 0 atom stereocenters. The van der Waals surface area contributed by atoms with Crippen molar-refractivity contribution in [2.75, 3.05) is 6.54 Å². The van der Waals surface area contributed by atoms with Gasteiger partial charge in [0.25, 0.3) is 0 Å². The van der Waals surface area contributed by atoms with E-state index < -0.39 is 11.9 Å². The zero-order chi connectivity index (χ0) is 18.8. The molecule has 0 aliphatic heterocycles. The Morgan fingerprint density at radius 2 is 0.920 bits per heavy atom. The molecule has 148 valence electrons. The Bertz CT molecular complexity index is 318. The van der Waals surface area contributed by atoms with Crippen molar-refractivity contribution in [3.05, 3.63) is 0 Å². The monoisotopic (exact) mass is 357 g/mol. The number of hydroxylamine groups is 2. The highest BCUT2D eigenvalue weighted by Gasteiger charge is 2.11. The highest BCUT2D eigenvalue weighted by atomic mass is 17.0. The molecule has 0 aromatic carbocycles. The fourth-order valence-corrected chi connectivity index (χ4v) is 2.83. The lowest BCUT2D eigenvalue weighted by Crippen LogP contribution is -2.29. The van der Waals surface area contributed by atoms with E-state index in [0.29, 0.717) is 6.54 Å². The van der Waals surface area contributed by atoms with E-state index in [9.17, 15) is 9.59 Å². The standard InChI is InChI=1S/C20H39NO4/c1-4-5-6-7-8-9-10-11-12-13-14-15-16-17-18-21(24-19(2)22)25-20(3)23/h4-18H2,1-3H3. The Hall–Kier alpha value is -1.10. The molecule has 0 spiro atoms. The second kappa shape index (κ2) is 17.7. The molecule has 0 bridgehead atoms. The summed E-state index contributed by atoms with van der Waals surface area (Å²) in [5.74, 6) is -0.960. The molecule has 0 aliphatic rings. The van der Waals surface area contributed by atoms with Crippen LogP contribution >= 0.6 is 0 Å². The van der Waals surface area contributed by atoms with Crippen molar-refractivity contribution in [1.82, 2.24) is 5.23 Å². The molecule has 0 aliphatic carbocycles. The lowest BCUT2D eigenvalue weighted by atomic mass is 10.0. The Morgan fingerprint density at radius 3 is 1.24 bits per heavy atom. The molecular formula is C20H39NO4. The molecule has 0 N–H and O–H groups in total. The molecule has 0 fully saturated rings. The van der Waals surface area contributed by atoms with Crippen LogP contribution in [0.15, 0.2) is 0 Å². The quantitative estimate of drug-likeness (QED) is 0.246. The molecule has 0 saturated carbocycles. The van der Waals surface area contributed by atoms with Crippen LogP contribution in [0.25, 0.3) is 0 Å². The number of hydrogen-bond donors (Lipinski definition) is 0. The van der Waals surface area contributed by atoms with Crippen molar-refractivity contribution in [3.8, 4) is 0 Å². The van der Waals surface area contributed by atoms with Crippen LogP contribution in [0.1, 0.15) is 111 Å². The van der Waals surface area contributed by atoms with Crippen LogP contribution in [0, 0.1) is 0 Å². The predicted octanol–water partition coefficient (Wildman–Crippen LogP) is 5.73. The molecular weight excluding hydrogens is 318 g/mol. The topological polar surface area (TPSA) is 55.8 Å². The molecule has 0 rings (SSSR count). The third kappa shape index (κ3) is 19.1. The largest absolute Gasteiger partial charge is 0.333 e. The Balaban J connectivity index is 3.36. The lowest BCUT2D eigenvalue weighted by molar-refractivity contribution is -0.323. The summed E-state index contributed by atoms with van der Waals surface area (Å²) < 4.78 is 0. The molecule has 25 heavy (non-hydrogen) atoms. The second-order valence-electron chi connectivity index (χ2n) is 6.82. The summed E-state index contributed by atoms with van der Waals surface area (Å²) in [5, 5.41) is 0.991. The van der Waals surface area contributed by atoms with E-state index in [-0.39, 0.29) is 0 Å². The summed E-state index contributed by atoms with van der Waals surface area (Å²) >= 11 is 0. The average Bonchev–Trinajstić information content (AvgIpc) is 2.54. The van der Waals surface area contributed by atoms with E-state index >= 15 is 0 Å². The molecule has 0 unspecified atom stereocenters. The minimum Gasteiger partial charge on any atom is -0.333 e. The highest BCUT2D eigenvalue weighted by Crippen LogP contribution is 2.13. The lowest BCUT2D eigenvalue weighted by Gasteiger charge is -2.17. The van der Waals surface area contributed by atoms with Gasteiger partial charge in [-0.1, -0.05) is 90.4 Å². The van der Waals surface area contributed by atoms with E-state index in [1.54, 1.807) is 0 Å². The van der Waals surface area contributed by atoms with Crippen LogP contribution < -0.4 is 0 Å². The Kier molecular flexibility index (Phi) is 16.9. The maximum absolute atomic E-state index is 10.9. The first-order valence-electron chi connectivity index (χ1n) is 10.2. The van der Waals surface area contributed by atoms with Crippen molar-refractivity contribution in [1.29, 1.82) is 0 Å². The molecule has 5 heteroatoms. The van der Waals surface area contributed by atoms with Crippen LogP contribution in [0.4, 0.5) is 0 Å². The molecule has 0 saturated heterocycles. The Morgan fingerprint density at radius 1 is 0.600 bits per heavy atom. The van der Waals surface area contributed by atoms with Crippen LogP contribution in [0.5, 0.6) is 0 Å². The van der Waals surface area contributed by atoms with Gasteiger partial charge >= 0.3 is 11.9 Å². The van der Waals surface area contributed by atoms with Crippen molar-refractivity contribution in [2.24, 2.45) is 0 Å². The minimum atomic E-state index is -0.480. The van der Waals surface area contributed by atoms with E-state index in [4.69, 9.17) is 9.68 Å². The SMILES string of the molecule is CCCCCCCCCCCCCCCCN(OC(C)=O)OC(C)=O. The predicted molar refractivity (Wildman–Crippen MR) is 101 cm³/mol. The summed E-state index contributed by atoms with van der Waals surface area (Å²) in [4.78, 5) is 31.5. The van der Waals surface area contributed by atoms with Gasteiger partial charge in [-0.15, -0.1) is 0 Å². The van der Waals surface area contributed by atoms with Gasteiger partial charge in [0, 0.05) is 19.1 Å². The summed E-state index contributed by atoms with van der Waals surface area (Å²) in [6.45, 7) is 5.27. The molecule has 0 heterocycles. The van der Waals surface area contributed by atoms with Gasteiger partial charge in [-0.2, -0.15) is 0 Å². The summed E-state index contributed by atoms with van der Waals surface area (Å²) in [6.07, 6.45) is 18.0. The number of carbonyl (C=O) groups excluding carboxylic acids is 2. The van der Waals surface area contributed by atoms with E-state index in [1.807, 2.05) is 0 Å². The van der Waals surface area contributed by atoms with Crippen molar-refractivity contribution in [2.45, 2.75) is 111 Å². The van der Waals surface area contributed by atoms with Gasteiger partial charge in [-0.3, -0.25) is 9.59 Å². The third-order valence-corrected chi connectivity index (χ3v) is 4.15. The van der Waals surface area contributed by atoms with Gasteiger partial charge in [0.05, 0.1) is 6.54 Å². The summed E-state index contributed by atoms with van der Waals surface area (Å²) in [6, 6.07) is 0. The molecule has 0 amide bonds. The van der Waals surface area contributed by atoms with Crippen molar-refractivity contribution in [3.63, 3.8) is 0 Å². The van der Waals surface area contributed by atoms with E-state index in [0.717, 1.165) is 18.1 Å². The van der Waals surface area contributed by atoms with Crippen molar-refractivity contribution >= 4 is 11.9 Å². The fourth-order valence-electron chi connectivity index (χ4n) is 2.83. The van der Waals surface area contributed by atoms with Crippen LogP contribution in [-0.4, -0.2) is 23.7 Å². The minimum absolute atomic E-state index is 0.428. The smallest absolute Gasteiger partial charge is 0.326 e. The van der Waals surface area contributed by atoms with Gasteiger partial charge in [0.2, 0.25) is 0 Å². The highest BCUT2D eigenvalue weighted by molar-refractivity contribution is 5.67. The maximum Gasteiger partial charge on any atom is 0.326 e. The third-order valence-electron chi connectivity index (χ3n) is 4.15. The first kappa shape index (κ1) is 23.9. The summed E-state index contributed by atoms with van der Waals surface area (Å²) in [5.41, 5.74) is 0. The number of hydrogen-bond acceptors (Lipinski definition) is 5. The molecule has 0 radical (unpaired) electrons. The number of rotatable bonds is 17. The normalized spacial score (nSPS) is 10.9. The van der Waals surface area contributed by atoms with Gasteiger partial charge in [-0.25, -0.2) is 0 Å². The van der Waals surface area contributed by atoms with Gasteiger partial charge in [0.15, 0.2) is 0 Å². The molecule has 0 aromatic rings. The van der Waals surface area contributed by atoms with E-state index in [1.165, 1.54) is 90.9 Å². The molecule has 0 aromatic heterocycles. The van der Waals surface area contributed by atoms with Crippen molar-refractivity contribution < 1.29 is 19.3 Å². The average molecular weight is 358 g/mol. The second-order valence-corrected chi connectivity index (χ2v) is 6.82. The summed E-state index contributed by atoms with van der Waals surface area (Å²) in [7, 11) is 0.